The van der Waals surface area contributed by atoms with Gasteiger partial charge >= 0.3 is 35.8 Å². The first-order chi connectivity index (χ1) is 22.3. The van der Waals surface area contributed by atoms with Gasteiger partial charge in [-0.15, -0.1) is 0 Å². The Hall–Kier alpha value is -4.03. The molecule has 0 amide bonds. The zero-order valence-corrected chi connectivity index (χ0v) is 22.9. The van der Waals surface area contributed by atoms with E-state index in [1.807, 2.05) is 0 Å². The molecule has 0 radical (unpaired) electrons. The third-order valence-electron chi connectivity index (χ3n) is 5.66. The van der Waals surface area contributed by atoms with E-state index in [0.717, 1.165) is 13.8 Å². The second kappa shape index (κ2) is 16.0. The van der Waals surface area contributed by atoms with Gasteiger partial charge in [-0.25, -0.2) is 0 Å². The fraction of sp³-hybridized carbons (Fsp3) is 0.750. The molecule has 43 heavy (non-hydrogen) atoms. The Bertz CT molecular complexity index is 1190. The minimum absolute atomic E-state index is 0.673. The Labute approximate surface area is 250 Å². The third kappa shape index (κ3) is 10.3. The number of carbonyl (C=O) groups is 6. The van der Waals surface area contributed by atoms with Gasteiger partial charge in [0.2, 0.25) is 0 Å². The van der Waals surface area contributed by atoms with E-state index in [-0.39, 0.29) is 0 Å². The molecule has 0 spiro atoms. The van der Waals surface area contributed by atoms with Gasteiger partial charge in [-0.2, -0.15) is 0 Å². The predicted octanol–water partition coefficient (Wildman–Crippen LogP) is -0.654. The summed E-state index contributed by atoms with van der Waals surface area (Å²) in [6.45, 7) is -3.31. The first-order valence-electron chi connectivity index (χ1n) is 15.0. The molecule has 2 heterocycles. The lowest BCUT2D eigenvalue weighted by Gasteiger charge is -2.48. The second-order valence-corrected chi connectivity index (χ2v) is 8.83. The summed E-state index contributed by atoms with van der Waals surface area (Å²) in [5.74, 6) is -6.61. The standard InChI is InChI=1S/C24H33N3O16/c1-9(28)35-7-15-18(20(38-12(4)31)17(26-27-25)23(34)41-15)43-24-22(40-14(6)33)21(39-13(5)32)19(37-11(3)30)16(42-24)8-36-10(2)29/h15-24,34H,7-8H2,1-6H3/t15-,16-,17-,18-,19+,20-,21+,22-,23-,24?/m1/s1/i2D,3D,5D,6D. The highest BCUT2D eigenvalue weighted by Gasteiger charge is 2.56. The van der Waals surface area contributed by atoms with E-state index in [0.29, 0.717) is 0 Å². The molecular weight excluding hydrogens is 586 g/mol. The molecule has 2 saturated heterocycles. The largest absolute Gasteiger partial charge is 0.463 e. The highest BCUT2D eigenvalue weighted by molar-refractivity contribution is 5.69. The lowest BCUT2D eigenvalue weighted by atomic mass is 9.95. The molecule has 0 aromatic rings. The Morgan fingerprint density at radius 1 is 0.721 bits per heavy atom. The predicted molar refractivity (Wildman–Crippen MR) is 133 cm³/mol. The van der Waals surface area contributed by atoms with Crippen molar-refractivity contribution in [1.82, 2.24) is 0 Å². The van der Waals surface area contributed by atoms with Gasteiger partial charge < -0.3 is 47.7 Å². The van der Waals surface area contributed by atoms with Crippen LogP contribution in [-0.2, 0) is 71.4 Å². The smallest absolute Gasteiger partial charge is 0.303 e. The van der Waals surface area contributed by atoms with Gasteiger partial charge in [-0.05, 0) is 5.53 Å². The van der Waals surface area contributed by atoms with Crippen LogP contribution in [0, 0.1) is 0 Å². The van der Waals surface area contributed by atoms with E-state index in [2.05, 4.69) is 10.0 Å². The molecule has 1 N–H and O–H groups in total. The van der Waals surface area contributed by atoms with E-state index in [1.54, 1.807) is 0 Å². The molecule has 0 saturated carbocycles. The van der Waals surface area contributed by atoms with E-state index < -0.39 is 138 Å². The lowest BCUT2D eigenvalue weighted by Crippen LogP contribution is -2.66. The van der Waals surface area contributed by atoms with Crippen molar-refractivity contribution in [2.24, 2.45) is 5.11 Å². The quantitative estimate of drug-likeness (QED) is 0.0985. The molecule has 1 unspecified atom stereocenters. The summed E-state index contributed by atoms with van der Waals surface area (Å²) in [4.78, 5) is 75.1. The number of azide groups is 1. The van der Waals surface area contributed by atoms with Crippen LogP contribution in [0.3, 0.4) is 0 Å². The summed E-state index contributed by atoms with van der Waals surface area (Å²) in [5.41, 5.74) is 9.10. The molecule has 10 atom stereocenters. The minimum atomic E-state index is -2.02. The summed E-state index contributed by atoms with van der Waals surface area (Å²) >= 11 is 0. The Kier molecular flexibility index (Phi) is 10.8. The van der Waals surface area contributed by atoms with E-state index >= 15 is 0 Å². The van der Waals surface area contributed by atoms with Crippen LogP contribution >= 0.6 is 0 Å². The van der Waals surface area contributed by atoms with Crippen molar-refractivity contribution in [3.05, 3.63) is 10.4 Å². The Morgan fingerprint density at radius 2 is 1.23 bits per heavy atom. The molecule has 19 heteroatoms. The maximum absolute atomic E-state index is 12.4. The van der Waals surface area contributed by atoms with Crippen molar-refractivity contribution in [3.8, 4) is 0 Å². The molecule has 240 valence electrons. The normalized spacial score (nSPS) is 33.0. The number of carbonyl (C=O) groups excluding carboxylic acids is 6. The molecule has 0 bridgehead atoms. The van der Waals surface area contributed by atoms with E-state index in [1.165, 1.54) is 0 Å². The molecule has 2 aliphatic rings. The molecule has 2 fully saturated rings. The van der Waals surface area contributed by atoms with Gasteiger partial charge in [0.05, 0.1) is 0 Å². The van der Waals surface area contributed by atoms with E-state index in [4.69, 9.17) is 53.6 Å². The SMILES string of the molecule is [2H]CC(=O)OC[C@H]1OC(O[C@H]2[C@H](OC(C)=O)[C@@H](N=[N+]=[N-])[C@H](O)O[C@@H]2COC(C)=O)[C@H](OC(=O)C[2H])[C@@H](OC(=O)C[2H])[C@H]1OC(=O)C[2H]. The van der Waals surface area contributed by atoms with Crippen LogP contribution in [0.25, 0.3) is 10.4 Å². The van der Waals surface area contributed by atoms with Gasteiger partial charge in [-0.1, -0.05) is 5.11 Å². The Balaban J connectivity index is 2.73. The summed E-state index contributed by atoms with van der Waals surface area (Å²) in [6.07, 6.45) is -16.3. The maximum atomic E-state index is 12.4. The first-order valence-corrected chi connectivity index (χ1v) is 12.2. The molecule has 2 aliphatic heterocycles. The van der Waals surface area contributed by atoms with Crippen LogP contribution in [-0.4, -0.2) is 115 Å². The van der Waals surface area contributed by atoms with Gasteiger partial charge in [0.15, 0.2) is 30.9 Å². The highest BCUT2D eigenvalue weighted by Crippen LogP contribution is 2.34. The lowest BCUT2D eigenvalue weighted by molar-refractivity contribution is -0.346. The van der Waals surface area contributed by atoms with Crippen LogP contribution in [0.5, 0.6) is 0 Å². The fourth-order valence-corrected chi connectivity index (χ4v) is 4.22. The number of aliphatic hydroxyl groups excluding tert-OH is 1. The molecule has 0 aromatic carbocycles. The topological polar surface area (TPSA) is 254 Å². The number of ether oxygens (including phenoxy) is 9. The number of aliphatic hydroxyl groups is 1. The van der Waals surface area contributed by atoms with Crippen LogP contribution in [0.15, 0.2) is 5.11 Å². The summed E-state index contributed by atoms with van der Waals surface area (Å²) in [5, 5.41) is 13.9. The summed E-state index contributed by atoms with van der Waals surface area (Å²) < 4.78 is 77.6. The molecule has 0 aliphatic carbocycles. The van der Waals surface area contributed by atoms with Crippen molar-refractivity contribution in [3.63, 3.8) is 0 Å². The second-order valence-electron chi connectivity index (χ2n) is 8.83. The van der Waals surface area contributed by atoms with Crippen LogP contribution in [0.2, 0.25) is 0 Å². The van der Waals surface area contributed by atoms with Crippen molar-refractivity contribution in [2.75, 3.05) is 13.2 Å². The summed E-state index contributed by atoms with van der Waals surface area (Å²) in [7, 11) is 0. The van der Waals surface area contributed by atoms with Crippen molar-refractivity contribution >= 4 is 35.8 Å². The number of hydrogen-bond donors (Lipinski definition) is 1. The average Bonchev–Trinajstić information content (AvgIpc) is 3.03. The van der Waals surface area contributed by atoms with Crippen LogP contribution in [0.1, 0.15) is 46.9 Å². The molecule has 19 nitrogen and oxygen atoms in total. The number of rotatable bonds is 11. The van der Waals surface area contributed by atoms with Crippen molar-refractivity contribution < 1.29 is 82.0 Å². The maximum Gasteiger partial charge on any atom is 0.303 e. The first kappa shape index (κ1) is 29.1. The van der Waals surface area contributed by atoms with Gasteiger partial charge in [0, 0.05) is 51.8 Å². The van der Waals surface area contributed by atoms with Gasteiger partial charge in [0.1, 0.15) is 43.7 Å². The van der Waals surface area contributed by atoms with E-state index in [9.17, 15) is 33.9 Å². The van der Waals surface area contributed by atoms with Crippen LogP contribution in [0.4, 0.5) is 0 Å². The van der Waals surface area contributed by atoms with Crippen molar-refractivity contribution in [2.45, 2.75) is 103 Å². The number of esters is 6. The molecule has 0 aromatic heterocycles. The Morgan fingerprint density at radius 3 is 1.77 bits per heavy atom. The fourth-order valence-electron chi connectivity index (χ4n) is 4.22. The highest BCUT2D eigenvalue weighted by atomic mass is 16.8. The minimum Gasteiger partial charge on any atom is -0.463 e. The van der Waals surface area contributed by atoms with Crippen molar-refractivity contribution in [1.29, 1.82) is 0 Å². The van der Waals surface area contributed by atoms with Gasteiger partial charge in [0.25, 0.3) is 0 Å². The monoisotopic (exact) mass is 623 g/mol. The van der Waals surface area contributed by atoms with Crippen LogP contribution < -0.4 is 0 Å². The average molecular weight is 624 g/mol. The zero-order chi connectivity index (χ0) is 35.3. The van der Waals surface area contributed by atoms with Gasteiger partial charge in [-0.3, -0.25) is 28.8 Å². The molecule has 2 rings (SSSR count). The zero-order valence-electron chi connectivity index (χ0n) is 26.9. The third-order valence-corrected chi connectivity index (χ3v) is 5.66. The number of hydrogen-bond acceptors (Lipinski definition) is 17. The molecular formula is C24H33N3O16. The number of nitrogens with zero attached hydrogens (tertiary/aromatic N) is 3. The summed E-state index contributed by atoms with van der Waals surface area (Å²) in [6, 6.07) is -1.70.